The van der Waals surface area contributed by atoms with E-state index < -0.39 is 11.7 Å². The van der Waals surface area contributed by atoms with Crippen molar-refractivity contribution < 1.29 is 14.6 Å². The minimum Gasteiger partial charge on any atom is -0.390 e. The second kappa shape index (κ2) is 6.43. The monoisotopic (exact) mass is 302 g/mol. The molecule has 5 nitrogen and oxygen atoms in total. The molecule has 2 heterocycles. The van der Waals surface area contributed by atoms with Gasteiger partial charge in [0.05, 0.1) is 28.1 Å². The molecule has 1 fully saturated rings. The molecular weight excluding hydrogens is 280 g/mol. The zero-order chi connectivity index (χ0) is 14.8. The van der Waals surface area contributed by atoms with E-state index in [-0.39, 0.29) is 0 Å². The molecule has 0 bridgehead atoms. The molecule has 1 aromatic heterocycles. The molecule has 1 aliphatic heterocycles. The van der Waals surface area contributed by atoms with Gasteiger partial charge in [-0.1, -0.05) is 18.5 Å². The molecule has 1 atom stereocenters. The standard InChI is InChI=1S/C14H23ClN2O3/c1-4-10-13(15)11(17(2)16-10)9-12(18)14(19-3)5-7-20-8-6-14/h12,18H,4-9H2,1-3H3. The van der Waals surface area contributed by atoms with Crippen molar-refractivity contribution in [2.75, 3.05) is 20.3 Å². The van der Waals surface area contributed by atoms with Crippen LogP contribution in [0.3, 0.4) is 0 Å². The molecule has 0 spiro atoms. The fourth-order valence-corrected chi connectivity index (χ4v) is 3.17. The first-order chi connectivity index (χ1) is 9.54. The van der Waals surface area contributed by atoms with Gasteiger partial charge in [-0.05, 0) is 6.42 Å². The SMILES string of the molecule is CCc1nn(C)c(CC(O)C2(OC)CCOCC2)c1Cl. The molecule has 1 N–H and O–H groups in total. The molecule has 1 unspecified atom stereocenters. The van der Waals surface area contributed by atoms with Gasteiger partial charge in [0.1, 0.15) is 0 Å². The first-order valence-electron chi connectivity index (χ1n) is 7.05. The van der Waals surface area contributed by atoms with Gasteiger partial charge in [0.15, 0.2) is 0 Å². The van der Waals surface area contributed by atoms with Crippen molar-refractivity contribution >= 4 is 11.6 Å². The summed E-state index contributed by atoms with van der Waals surface area (Å²) in [6, 6.07) is 0. The van der Waals surface area contributed by atoms with E-state index in [9.17, 15) is 5.11 Å². The first-order valence-corrected chi connectivity index (χ1v) is 7.43. The van der Waals surface area contributed by atoms with Crippen LogP contribution in [0.15, 0.2) is 0 Å². The molecule has 1 aliphatic rings. The molecule has 0 saturated carbocycles. The quantitative estimate of drug-likeness (QED) is 0.900. The number of ether oxygens (including phenoxy) is 2. The number of aliphatic hydroxyl groups excluding tert-OH is 1. The number of aliphatic hydroxyl groups is 1. The predicted octanol–water partition coefficient (Wildman–Crippen LogP) is 1.73. The number of aryl methyl sites for hydroxylation is 2. The number of rotatable bonds is 5. The van der Waals surface area contributed by atoms with Gasteiger partial charge < -0.3 is 14.6 Å². The Labute approximate surface area is 124 Å². The summed E-state index contributed by atoms with van der Waals surface area (Å²) in [5.74, 6) is 0. The number of methoxy groups -OCH3 is 1. The van der Waals surface area contributed by atoms with E-state index in [1.165, 1.54) is 0 Å². The highest BCUT2D eigenvalue weighted by Crippen LogP contribution is 2.32. The van der Waals surface area contributed by atoms with E-state index in [0.29, 0.717) is 37.5 Å². The van der Waals surface area contributed by atoms with Gasteiger partial charge in [-0.15, -0.1) is 0 Å². The van der Waals surface area contributed by atoms with Gasteiger partial charge in [-0.25, -0.2) is 0 Å². The summed E-state index contributed by atoms with van der Waals surface area (Å²) in [5.41, 5.74) is 1.19. The highest BCUT2D eigenvalue weighted by Gasteiger charge is 2.40. The van der Waals surface area contributed by atoms with Gasteiger partial charge in [-0.3, -0.25) is 4.68 Å². The minimum absolute atomic E-state index is 0.441. The maximum Gasteiger partial charge on any atom is 0.0983 e. The van der Waals surface area contributed by atoms with E-state index >= 15 is 0 Å². The van der Waals surface area contributed by atoms with Crippen molar-refractivity contribution in [3.05, 3.63) is 16.4 Å². The minimum atomic E-state index is -0.617. The van der Waals surface area contributed by atoms with Crippen LogP contribution in [0.4, 0.5) is 0 Å². The molecular formula is C14H23ClN2O3. The molecule has 0 aliphatic carbocycles. The van der Waals surface area contributed by atoms with Crippen LogP contribution >= 0.6 is 11.6 Å². The Morgan fingerprint density at radius 3 is 2.65 bits per heavy atom. The molecule has 1 aromatic rings. The Morgan fingerprint density at radius 2 is 2.15 bits per heavy atom. The van der Waals surface area contributed by atoms with E-state index in [1.807, 2.05) is 14.0 Å². The van der Waals surface area contributed by atoms with E-state index in [0.717, 1.165) is 17.8 Å². The van der Waals surface area contributed by atoms with Crippen LogP contribution in [0.2, 0.25) is 5.02 Å². The normalized spacial score (nSPS) is 20.1. The lowest BCUT2D eigenvalue weighted by molar-refractivity contribution is -0.151. The Balaban J connectivity index is 2.18. The van der Waals surface area contributed by atoms with Crippen molar-refractivity contribution in [1.29, 1.82) is 0 Å². The summed E-state index contributed by atoms with van der Waals surface area (Å²) in [6.07, 6.45) is 2.00. The van der Waals surface area contributed by atoms with Crippen LogP contribution in [-0.2, 0) is 29.4 Å². The summed E-state index contributed by atoms with van der Waals surface area (Å²) < 4.78 is 12.7. The molecule has 2 rings (SSSR count). The number of halogens is 1. The van der Waals surface area contributed by atoms with Gasteiger partial charge in [0, 0.05) is 46.6 Å². The van der Waals surface area contributed by atoms with Crippen LogP contribution in [0.5, 0.6) is 0 Å². The zero-order valence-electron chi connectivity index (χ0n) is 12.4. The van der Waals surface area contributed by atoms with Crippen molar-refractivity contribution in [1.82, 2.24) is 9.78 Å². The predicted molar refractivity (Wildman–Crippen MR) is 77.1 cm³/mol. The summed E-state index contributed by atoms with van der Waals surface area (Å²) in [7, 11) is 3.51. The van der Waals surface area contributed by atoms with Crippen LogP contribution in [0.1, 0.15) is 31.2 Å². The fourth-order valence-electron chi connectivity index (χ4n) is 2.80. The van der Waals surface area contributed by atoms with Crippen molar-refractivity contribution in [2.24, 2.45) is 7.05 Å². The third kappa shape index (κ3) is 2.86. The number of hydrogen-bond donors (Lipinski definition) is 1. The van der Waals surface area contributed by atoms with Crippen LogP contribution < -0.4 is 0 Å². The average molecular weight is 303 g/mol. The fraction of sp³-hybridized carbons (Fsp3) is 0.786. The highest BCUT2D eigenvalue weighted by atomic mass is 35.5. The average Bonchev–Trinajstić information content (AvgIpc) is 2.75. The Hall–Kier alpha value is -0.620. The Bertz CT molecular complexity index is 456. The first kappa shape index (κ1) is 15.8. The van der Waals surface area contributed by atoms with Crippen LogP contribution in [0, 0.1) is 0 Å². The van der Waals surface area contributed by atoms with E-state index in [1.54, 1.807) is 11.8 Å². The van der Waals surface area contributed by atoms with Crippen molar-refractivity contribution in [2.45, 2.75) is 44.3 Å². The van der Waals surface area contributed by atoms with E-state index in [2.05, 4.69) is 5.10 Å². The van der Waals surface area contributed by atoms with Gasteiger partial charge in [0.2, 0.25) is 0 Å². The molecule has 0 radical (unpaired) electrons. The second-order valence-corrected chi connectivity index (χ2v) is 5.66. The Morgan fingerprint density at radius 1 is 1.50 bits per heavy atom. The number of hydrogen-bond acceptors (Lipinski definition) is 4. The number of aromatic nitrogens is 2. The summed E-state index contributed by atoms with van der Waals surface area (Å²) in [6.45, 7) is 3.25. The lowest BCUT2D eigenvalue weighted by atomic mass is 9.85. The maximum absolute atomic E-state index is 10.6. The second-order valence-electron chi connectivity index (χ2n) is 5.29. The van der Waals surface area contributed by atoms with Crippen LogP contribution in [-0.4, -0.2) is 46.9 Å². The Kier molecular flexibility index (Phi) is 5.07. The molecule has 0 amide bonds. The largest absolute Gasteiger partial charge is 0.390 e. The van der Waals surface area contributed by atoms with E-state index in [4.69, 9.17) is 21.1 Å². The van der Waals surface area contributed by atoms with Crippen molar-refractivity contribution in [3.63, 3.8) is 0 Å². The maximum atomic E-state index is 10.6. The molecule has 20 heavy (non-hydrogen) atoms. The zero-order valence-corrected chi connectivity index (χ0v) is 13.1. The molecule has 0 aromatic carbocycles. The third-order valence-electron chi connectivity index (χ3n) is 4.24. The number of nitrogens with zero attached hydrogens (tertiary/aromatic N) is 2. The van der Waals surface area contributed by atoms with Gasteiger partial charge in [-0.2, -0.15) is 5.10 Å². The summed E-state index contributed by atoms with van der Waals surface area (Å²) in [5, 5.41) is 15.7. The summed E-state index contributed by atoms with van der Waals surface area (Å²) in [4.78, 5) is 0. The lowest BCUT2D eigenvalue weighted by Crippen LogP contribution is -2.49. The van der Waals surface area contributed by atoms with Crippen LogP contribution in [0.25, 0.3) is 0 Å². The highest BCUT2D eigenvalue weighted by molar-refractivity contribution is 6.31. The third-order valence-corrected chi connectivity index (χ3v) is 4.68. The lowest BCUT2D eigenvalue weighted by Gasteiger charge is -2.39. The topological polar surface area (TPSA) is 56.5 Å². The molecule has 1 saturated heterocycles. The molecule has 6 heteroatoms. The van der Waals surface area contributed by atoms with Gasteiger partial charge >= 0.3 is 0 Å². The van der Waals surface area contributed by atoms with Gasteiger partial charge in [0.25, 0.3) is 0 Å². The molecule has 114 valence electrons. The van der Waals surface area contributed by atoms with Crippen molar-refractivity contribution in [3.8, 4) is 0 Å². The summed E-state index contributed by atoms with van der Waals surface area (Å²) >= 11 is 6.34. The smallest absolute Gasteiger partial charge is 0.0983 e.